The Morgan fingerprint density at radius 3 is 2.17 bits per heavy atom. The molecule has 1 aromatic rings. The van der Waals surface area contributed by atoms with Crippen molar-refractivity contribution < 1.29 is 4.21 Å². The number of para-hydroxylation sites is 1. The van der Waals surface area contributed by atoms with E-state index in [0.717, 1.165) is 18.5 Å². The molecule has 1 aromatic carbocycles. The second kappa shape index (κ2) is 10.3. The summed E-state index contributed by atoms with van der Waals surface area (Å²) in [7, 11) is -0.903. The van der Waals surface area contributed by atoms with Crippen molar-refractivity contribution in [1.29, 1.82) is 0 Å². The molecule has 6 heteroatoms. The Morgan fingerprint density at radius 2 is 1.74 bits per heavy atom. The van der Waals surface area contributed by atoms with E-state index in [1.165, 1.54) is 11.1 Å². The van der Waals surface area contributed by atoms with Gasteiger partial charge in [0.25, 0.3) is 0 Å². The lowest BCUT2D eigenvalue weighted by molar-refractivity contribution is 0.648. The fourth-order valence-corrected chi connectivity index (χ4v) is 3.00. The summed E-state index contributed by atoms with van der Waals surface area (Å²) in [5, 5.41) is 3.22. The zero-order chi connectivity index (χ0) is 16.8. The highest BCUT2D eigenvalue weighted by molar-refractivity contribution is 14.0. The van der Waals surface area contributed by atoms with Crippen molar-refractivity contribution in [3.63, 3.8) is 0 Å². The Morgan fingerprint density at radius 1 is 1.22 bits per heavy atom. The first-order valence-corrected chi connectivity index (χ1v) is 9.17. The first-order valence-electron chi connectivity index (χ1n) is 7.85. The first kappa shape index (κ1) is 22.4. The second-order valence-electron chi connectivity index (χ2n) is 6.21. The molecule has 1 unspecified atom stereocenters. The largest absolute Gasteiger partial charge is 0.370 e. The van der Waals surface area contributed by atoms with Crippen LogP contribution in [0, 0.1) is 0 Å². The van der Waals surface area contributed by atoms with E-state index in [4.69, 9.17) is 5.73 Å². The van der Waals surface area contributed by atoms with Gasteiger partial charge in [-0.25, -0.2) is 0 Å². The molecule has 0 heterocycles. The molecule has 23 heavy (non-hydrogen) atoms. The zero-order valence-corrected chi connectivity index (χ0v) is 18.0. The minimum atomic E-state index is -0.903. The summed E-state index contributed by atoms with van der Waals surface area (Å²) in [6.45, 7) is 10.6. The fourth-order valence-electron chi connectivity index (χ4n) is 2.13. The average molecular weight is 451 g/mol. The van der Waals surface area contributed by atoms with Crippen LogP contribution < -0.4 is 11.1 Å². The van der Waals surface area contributed by atoms with Crippen LogP contribution in [0.15, 0.2) is 23.2 Å². The molecule has 0 saturated heterocycles. The van der Waals surface area contributed by atoms with Crippen molar-refractivity contribution >= 4 is 46.4 Å². The summed E-state index contributed by atoms with van der Waals surface area (Å²) in [4.78, 5) is 4.31. The number of hydrogen-bond donors (Lipinski definition) is 2. The van der Waals surface area contributed by atoms with E-state index in [1.807, 2.05) is 20.8 Å². The van der Waals surface area contributed by atoms with Gasteiger partial charge in [0, 0.05) is 27.0 Å². The van der Waals surface area contributed by atoms with Gasteiger partial charge in [0.1, 0.15) is 0 Å². The number of aryl methyl sites for hydroxylation is 2. The third kappa shape index (κ3) is 7.20. The van der Waals surface area contributed by atoms with Gasteiger partial charge in [-0.3, -0.25) is 9.20 Å². The van der Waals surface area contributed by atoms with Crippen LogP contribution in [-0.2, 0) is 23.6 Å². The number of anilines is 1. The summed E-state index contributed by atoms with van der Waals surface area (Å²) < 4.78 is 11.8. The summed E-state index contributed by atoms with van der Waals surface area (Å²) >= 11 is 0. The van der Waals surface area contributed by atoms with E-state index in [9.17, 15) is 4.21 Å². The third-order valence-corrected chi connectivity index (χ3v) is 5.41. The maximum absolute atomic E-state index is 12.0. The van der Waals surface area contributed by atoms with Crippen LogP contribution >= 0.6 is 24.0 Å². The quantitative estimate of drug-likeness (QED) is 0.394. The number of guanidine groups is 1. The zero-order valence-electron chi connectivity index (χ0n) is 14.8. The number of halogens is 1. The Kier molecular flexibility index (Phi) is 10.00. The molecule has 0 aliphatic heterocycles. The molecule has 0 bridgehead atoms. The molecule has 0 saturated carbocycles. The van der Waals surface area contributed by atoms with Gasteiger partial charge in [0.15, 0.2) is 5.96 Å². The minimum absolute atomic E-state index is 0. The number of aliphatic imine (C=N–C) groups is 1. The van der Waals surface area contributed by atoms with E-state index >= 15 is 0 Å². The molecular formula is C17H30IN3OS. The van der Waals surface area contributed by atoms with Crippen LogP contribution in [0.5, 0.6) is 0 Å². The Balaban J connectivity index is 0.00000484. The topological polar surface area (TPSA) is 67.5 Å². The van der Waals surface area contributed by atoms with Crippen molar-refractivity contribution in [3.05, 3.63) is 29.3 Å². The SMILES string of the molecule is CCc1cccc(CC)c1NC(N)=NCCS(=O)C(C)(C)C.I. The highest BCUT2D eigenvalue weighted by Crippen LogP contribution is 2.22. The molecule has 1 atom stereocenters. The van der Waals surface area contributed by atoms with Gasteiger partial charge in [-0.2, -0.15) is 0 Å². The monoisotopic (exact) mass is 451 g/mol. The van der Waals surface area contributed by atoms with Crippen LogP contribution in [0.4, 0.5) is 5.69 Å². The van der Waals surface area contributed by atoms with Crippen molar-refractivity contribution in [3.8, 4) is 0 Å². The maximum atomic E-state index is 12.0. The number of nitrogens with zero attached hydrogens (tertiary/aromatic N) is 1. The van der Waals surface area contributed by atoms with Gasteiger partial charge in [-0.05, 0) is 44.7 Å². The predicted molar refractivity (Wildman–Crippen MR) is 113 cm³/mol. The van der Waals surface area contributed by atoms with Gasteiger partial charge < -0.3 is 11.1 Å². The number of nitrogens with one attached hydrogen (secondary N) is 1. The Labute approximate surface area is 160 Å². The van der Waals surface area contributed by atoms with Gasteiger partial charge >= 0.3 is 0 Å². The van der Waals surface area contributed by atoms with E-state index in [1.54, 1.807) is 0 Å². The molecule has 0 aliphatic rings. The summed E-state index contributed by atoms with van der Waals surface area (Å²) in [5.41, 5.74) is 9.51. The minimum Gasteiger partial charge on any atom is -0.370 e. The van der Waals surface area contributed by atoms with E-state index in [0.29, 0.717) is 18.3 Å². The summed E-state index contributed by atoms with van der Waals surface area (Å²) in [6.07, 6.45) is 1.88. The normalized spacial score (nSPS) is 13.3. The molecule has 3 N–H and O–H groups in total. The number of rotatable bonds is 6. The van der Waals surface area contributed by atoms with Crippen molar-refractivity contribution in [1.82, 2.24) is 0 Å². The third-order valence-electron chi connectivity index (χ3n) is 3.49. The van der Waals surface area contributed by atoms with Gasteiger partial charge in [0.2, 0.25) is 0 Å². The molecule has 0 aromatic heterocycles. The number of nitrogens with two attached hydrogens (primary N) is 1. The molecule has 0 spiro atoms. The van der Waals surface area contributed by atoms with Crippen LogP contribution in [-0.4, -0.2) is 27.2 Å². The summed E-state index contributed by atoms with van der Waals surface area (Å²) in [5.74, 6) is 0.920. The van der Waals surface area contributed by atoms with Crippen molar-refractivity contribution in [2.75, 3.05) is 17.6 Å². The van der Waals surface area contributed by atoms with Crippen LogP contribution in [0.1, 0.15) is 45.7 Å². The standard InChI is InChI=1S/C17H29N3OS.HI/c1-6-13-9-8-10-14(7-2)15(13)20-16(18)19-11-12-22(21)17(3,4)5;/h8-10H,6-7,11-12H2,1-5H3,(H3,18,19,20);1H. The molecular weight excluding hydrogens is 421 g/mol. The highest BCUT2D eigenvalue weighted by atomic mass is 127. The van der Waals surface area contributed by atoms with E-state index in [-0.39, 0.29) is 28.7 Å². The molecule has 0 radical (unpaired) electrons. The van der Waals surface area contributed by atoms with Gasteiger partial charge in [-0.1, -0.05) is 32.0 Å². The predicted octanol–water partition coefficient (Wildman–Crippen LogP) is 3.70. The number of hydrogen-bond acceptors (Lipinski definition) is 2. The lowest BCUT2D eigenvalue weighted by Crippen LogP contribution is -2.27. The lowest BCUT2D eigenvalue weighted by Gasteiger charge is -2.17. The molecule has 0 amide bonds. The first-order chi connectivity index (χ1) is 10.3. The Hall–Kier alpha value is -0.630. The fraction of sp³-hybridized carbons (Fsp3) is 0.588. The van der Waals surface area contributed by atoms with Crippen LogP contribution in [0.25, 0.3) is 0 Å². The van der Waals surface area contributed by atoms with E-state index < -0.39 is 10.8 Å². The van der Waals surface area contributed by atoms with Crippen molar-refractivity contribution in [2.45, 2.75) is 52.2 Å². The maximum Gasteiger partial charge on any atom is 0.193 e. The molecule has 0 fully saturated rings. The second-order valence-corrected chi connectivity index (χ2v) is 8.54. The van der Waals surface area contributed by atoms with Crippen LogP contribution in [0.2, 0.25) is 0 Å². The number of benzene rings is 1. The highest BCUT2D eigenvalue weighted by Gasteiger charge is 2.18. The van der Waals surface area contributed by atoms with Gasteiger partial charge in [-0.15, -0.1) is 24.0 Å². The lowest BCUT2D eigenvalue weighted by atomic mass is 10.0. The van der Waals surface area contributed by atoms with E-state index in [2.05, 4.69) is 42.4 Å². The molecule has 4 nitrogen and oxygen atoms in total. The smallest absolute Gasteiger partial charge is 0.193 e. The Bertz CT molecular complexity index is 531. The average Bonchev–Trinajstić information content (AvgIpc) is 2.46. The van der Waals surface area contributed by atoms with Gasteiger partial charge in [0.05, 0.1) is 6.54 Å². The summed E-state index contributed by atoms with van der Waals surface area (Å²) in [6, 6.07) is 6.27. The van der Waals surface area contributed by atoms with Crippen molar-refractivity contribution in [2.24, 2.45) is 10.7 Å². The molecule has 0 aliphatic carbocycles. The molecule has 132 valence electrons. The van der Waals surface area contributed by atoms with Crippen LogP contribution in [0.3, 0.4) is 0 Å². The molecule has 1 rings (SSSR count).